The first-order chi connectivity index (χ1) is 14.4. The summed E-state index contributed by atoms with van der Waals surface area (Å²) in [4.78, 5) is 23.4. The monoisotopic (exact) mass is 410 g/mol. The lowest BCUT2D eigenvalue weighted by molar-refractivity contribution is -0.138. The van der Waals surface area contributed by atoms with Crippen molar-refractivity contribution in [2.45, 2.75) is 59.3 Å². The maximum atomic E-state index is 11.9. The number of Topliss-reactive ketones (excluding diaryl/α,β-unsaturated/α-hetero) is 1. The summed E-state index contributed by atoms with van der Waals surface area (Å²) in [5.74, 6) is 0.0509. The molecule has 0 spiro atoms. The summed E-state index contributed by atoms with van der Waals surface area (Å²) < 4.78 is 15.8. The molecule has 1 aliphatic rings. The number of ketones is 1. The Kier molecular flexibility index (Phi) is 7.50. The molecule has 3 rings (SSSR count). The number of carbonyl (C=O) groups excluding carboxylic acids is 2. The summed E-state index contributed by atoms with van der Waals surface area (Å²) in [6.45, 7) is 5.79. The van der Waals surface area contributed by atoms with Gasteiger partial charge >= 0.3 is 5.97 Å². The fourth-order valence-electron chi connectivity index (χ4n) is 3.54. The van der Waals surface area contributed by atoms with Crippen LogP contribution in [0.2, 0.25) is 0 Å². The van der Waals surface area contributed by atoms with Crippen molar-refractivity contribution in [2.24, 2.45) is 11.8 Å². The highest BCUT2D eigenvalue weighted by Crippen LogP contribution is 2.23. The van der Waals surface area contributed by atoms with Crippen LogP contribution in [0.25, 0.3) is 0 Å². The minimum atomic E-state index is -0.664. The third-order valence-corrected chi connectivity index (χ3v) is 5.45. The van der Waals surface area contributed by atoms with E-state index < -0.39 is 11.9 Å². The zero-order chi connectivity index (χ0) is 21.5. The third kappa shape index (κ3) is 6.09. The number of ether oxygens (including phenoxy) is 1. The van der Waals surface area contributed by atoms with Gasteiger partial charge in [0.15, 0.2) is 5.76 Å². The molecule has 0 radical (unpaired) electrons. The highest BCUT2D eigenvalue weighted by Gasteiger charge is 2.36. The van der Waals surface area contributed by atoms with Gasteiger partial charge < -0.3 is 13.6 Å². The molecule has 3 heterocycles. The molecule has 30 heavy (non-hydrogen) atoms. The van der Waals surface area contributed by atoms with E-state index in [-0.39, 0.29) is 17.5 Å². The number of hydrogen-bond donors (Lipinski definition) is 0. The number of esters is 1. The van der Waals surface area contributed by atoms with Crippen molar-refractivity contribution < 1.29 is 23.2 Å². The smallest absolute Gasteiger partial charge is 0.322 e. The van der Waals surface area contributed by atoms with Gasteiger partial charge in [0.2, 0.25) is 5.78 Å². The van der Waals surface area contributed by atoms with Gasteiger partial charge in [-0.15, -0.1) is 0 Å². The second-order valence-electron chi connectivity index (χ2n) is 8.23. The molecule has 160 valence electrons. The number of hydrogen-bond acceptors (Lipinski definition) is 5. The van der Waals surface area contributed by atoms with Crippen LogP contribution >= 0.6 is 0 Å². The van der Waals surface area contributed by atoms with Gasteiger partial charge in [-0.1, -0.05) is 18.6 Å². The first kappa shape index (κ1) is 21.9. The maximum absolute atomic E-state index is 11.9. The Balaban J connectivity index is 1.36. The normalized spacial score (nSPS) is 19.5. The predicted octanol–water partition coefficient (Wildman–Crippen LogP) is 5.79. The highest BCUT2D eigenvalue weighted by atomic mass is 16.5. The van der Waals surface area contributed by atoms with Gasteiger partial charge in [0.05, 0.1) is 18.8 Å². The van der Waals surface area contributed by atoms with Gasteiger partial charge in [-0.05, 0) is 81.2 Å². The van der Waals surface area contributed by atoms with E-state index in [1.807, 2.05) is 19.3 Å². The molecule has 0 aliphatic carbocycles. The van der Waals surface area contributed by atoms with Gasteiger partial charge in [0, 0.05) is 6.42 Å². The molecular formula is C25H30O5. The number of furan rings is 2. The molecule has 1 unspecified atom stereocenters. The predicted molar refractivity (Wildman–Crippen MR) is 114 cm³/mol. The summed E-state index contributed by atoms with van der Waals surface area (Å²) in [7, 11) is 0. The molecule has 0 bridgehead atoms. The number of rotatable bonds is 10. The van der Waals surface area contributed by atoms with Crippen molar-refractivity contribution in [1.29, 1.82) is 0 Å². The van der Waals surface area contributed by atoms with Crippen LogP contribution in [0.3, 0.4) is 0 Å². The van der Waals surface area contributed by atoms with E-state index in [9.17, 15) is 9.59 Å². The average Bonchev–Trinajstić information content (AvgIpc) is 3.43. The van der Waals surface area contributed by atoms with Crippen LogP contribution in [0.4, 0.5) is 0 Å². The SMILES string of the molecule is C/C(=C/CC[C@@H](C)/C=C1\OC(=O)C(C)C1=O)CCCc1coc(Cc2ccoc2)c1. The molecule has 1 fully saturated rings. The van der Waals surface area contributed by atoms with Gasteiger partial charge in [-0.25, -0.2) is 0 Å². The number of carbonyl (C=O) groups is 2. The zero-order valence-corrected chi connectivity index (χ0v) is 18.0. The van der Waals surface area contributed by atoms with Crippen LogP contribution in [0.15, 0.2) is 63.2 Å². The largest absolute Gasteiger partial charge is 0.472 e. The van der Waals surface area contributed by atoms with Gasteiger partial charge in [0.25, 0.3) is 0 Å². The van der Waals surface area contributed by atoms with Crippen LogP contribution in [-0.4, -0.2) is 11.8 Å². The van der Waals surface area contributed by atoms with E-state index >= 15 is 0 Å². The first-order valence-corrected chi connectivity index (χ1v) is 10.6. The summed E-state index contributed by atoms with van der Waals surface area (Å²) in [6.07, 6.45) is 15.0. The van der Waals surface area contributed by atoms with E-state index in [4.69, 9.17) is 13.6 Å². The van der Waals surface area contributed by atoms with Crippen molar-refractivity contribution in [3.63, 3.8) is 0 Å². The maximum Gasteiger partial charge on any atom is 0.322 e. The summed E-state index contributed by atoms with van der Waals surface area (Å²) in [6, 6.07) is 4.07. The van der Waals surface area contributed by atoms with Gasteiger partial charge in [-0.2, -0.15) is 0 Å². The molecular weight excluding hydrogens is 380 g/mol. The lowest BCUT2D eigenvalue weighted by atomic mass is 10.00. The van der Waals surface area contributed by atoms with Crippen LogP contribution in [-0.2, 0) is 27.2 Å². The van der Waals surface area contributed by atoms with E-state index in [1.54, 1.807) is 25.5 Å². The minimum absolute atomic E-state index is 0.186. The van der Waals surface area contributed by atoms with E-state index in [0.29, 0.717) is 0 Å². The van der Waals surface area contributed by atoms with Crippen LogP contribution < -0.4 is 0 Å². The highest BCUT2D eigenvalue weighted by molar-refractivity contribution is 6.12. The summed E-state index contributed by atoms with van der Waals surface area (Å²) in [5.41, 5.74) is 3.71. The first-order valence-electron chi connectivity index (χ1n) is 10.6. The fourth-order valence-corrected chi connectivity index (χ4v) is 3.54. The molecule has 5 nitrogen and oxygen atoms in total. The Morgan fingerprint density at radius 1 is 1.23 bits per heavy atom. The molecule has 2 aromatic heterocycles. The number of aryl methyl sites for hydroxylation is 1. The Morgan fingerprint density at radius 2 is 2.07 bits per heavy atom. The second kappa shape index (κ2) is 10.3. The minimum Gasteiger partial charge on any atom is -0.472 e. The van der Waals surface area contributed by atoms with Crippen molar-refractivity contribution in [1.82, 2.24) is 0 Å². The van der Waals surface area contributed by atoms with Crippen molar-refractivity contribution in [3.05, 3.63) is 71.3 Å². The number of cyclic esters (lactones) is 1. The second-order valence-corrected chi connectivity index (χ2v) is 8.23. The van der Waals surface area contributed by atoms with E-state index in [1.165, 1.54) is 11.1 Å². The molecule has 5 heteroatoms. The van der Waals surface area contributed by atoms with Crippen LogP contribution in [0, 0.1) is 11.8 Å². The topological polar surface area (TPSA) is 69.7 Å². The molecule has 0 amide bonds. The van der Waals surface area contributed by atoms with Crippen molar-refractivity contribution in [3.8, 4) is 0 Å². The Bertz CT molecular complexity index is 913. The lowest BCUT2D eigenvalue weighted by Gasteiger charge is -2.06. The Hall–Kier alpha value is -2.82. The summed E-state index contributed by atoms with van der Waals surface area (Å²) in [5, 5.41) is 0. The molecule has 2 aromatic rings. The Labute approximate surface area is 177 Å². The lowest BCUT2D eigenvalue weighted by Crippen LogP contribution is -2.09. The third-order valence-electron chi connectivity index (χ3n) is 5.45. The van der Waals surface area contributed by atoms with Crippen molar-refractivity contribution in [2.75, 3.05) is 0 Å². The van der Waals surface area contributed by atoms with Crippen LogP contribution in [0.1, 0.15) is 63.3 Å². The average molecular weight is 411 g/mol. The van der Waals surface area contributed by atoms with Gasteiger partial charge in [0.1, 0.15) is 11.7 Å². The van der Waals surface area contributed by atoms with Gasteiger partial charge in [-0.3, -0.25) is 9.59 Å². The summed E-state index contributed by atoms with van der Waals surface area (Å²) >= 11 is 0. The van der Waals surface area contributed by atoms with Crippen molar-refractivity contribution >= 4 is 11.8 Å². The zero-order valence-electron chi connectivity index (χ0n) is 18.0. The molecule has 1 saturated heterocycles. The molecule has 0 N–H and O–H groups in total. The fraction of sp³-hybridized carbons (Fsp3) is 0.440. The van der Waals surface area contributed by atoms with Crippen LogP contribution in [0.5, 0.6) is 0 Å². The standard InChI is InChI=1S/C25H30O5/c1-17(6-4-8-18(2)12-23-24(26)19(3)25(27)30-23)7-5-9-20-13-22(29-16-20)14-21-10-11-28-15-21/h6,10-13,15-16,18-19H,4-5,7-9,14H2,1-3H3/b17-6-,23-12-/t18-,19?/m1/s1. The molecule has 0 aromatic carbocycles. The van der Waals surface area contributed by atoms with E-state index in [2.05, 4.69) is 19.1 Å². The molecule has 0 saturated carbocycles. The molecule has 1 aliphatic heterocycles. The quantitative estimate of drug-likeness (QED) is 0.214. The molecule has 2 atom stereocenters. The van der Waals surface area contributed by atoms with E-state index in [0.717, 1.165) is 49.8 Å². The number of allylic oxidation sites excluding steroid dienone is 4. The Morgan fingerprint density at radius 3 is 2.77 bits per heavy atom.